The molecule has 2 aliphatic rings. The predicted octanol–water partition coefficient (Wildman–Crippen LogP) is 3.12. The number of hydrogen-bond donors (Lipinski definition) is 1. The molecule has 2 fully saturated rings. The van der Waals surface area contributed by atoms with Gasteiger partial charge in [-0.05, 0) is 63.9 Å². The molecule has 2 aromatic rings. The van der Waals surface area contributed by atoms with E-state index in [1.807, 2.05) is 40.6 Å². The number of carbonyl (C=O) groups is 2. The smallest absolute Gasteiger partial charge is 0.298 e. The molecule has 3 heterocycles. The van der Waals surface area contributed by atoms with Gasteiger partial charge < -0.3 is 15.1 Å². The molecule has 168 valence electrons. The summed E-state index contributed by atoms with van der Waals surface area (Å²) < 4.78 is 0. The van der Waals surface area contributed by atoms with Crippen molar-refractivity contribution in [3.63, 3.8) is 0 Å². The Morgan fingerprint density at radius 2 is 1.84 bits per heavy atom. The summed E-state index contributed by atoms with van der Waals surface area (Å²) in [6.07, 6.45) is 5.26. The van der Waals surface area contributed by atoms with Crippen LogP contribution in [0, 0.1) is 11.8 Å². The zero-order valence-corrected chi connectivity index (χ0v) is 19.2. The van der Waals surface area contributed by atoms with Gasteiger partial charge in [-0.2, -0.15) is 0 Å². The number of likely N-dealkylation sites (tertiary alicyclic amines) is 2. The van der Waals surface area contributed by atoms with Gasteiger partial charge in [-0.1, -0.05) is 24.1 Å². The number of amides is 2. The van der Waals surface area contributed by atoms with Crippen LogP contribution in [0.1, 0.15) is 59.1 Å². The minimum atomic E-state index is -0.125. The van der Waals surface area contributed by atoms with Crippen molar-refractivity contribution in [2.75, 3.05) is 39.3 Å². The lowest BCUT2D eigenvalue weighted by molar-refractivity contribution is -0.126. The van der Waals surface area contributed by atoms with Crippen LogP contribution in [0.4, 0.5) is 0 Å². The average Bonchev–Trinajstić information content (AvgIpc) is 3.53. The molecule has 0 saturated carbocycles. The second-order valence-corrected chi connectivity index (χ2v) is 9.30. The predicted molar refractivity (Wildman–Crippen MR) is 127 cm³/mol. The first kappa shape index (κ1) is 22.5. The molecule has 0 spiro atoms. The zero-order chi connectivity index (χ0) is 22.2. The minimum absolute atomic E-state index is 0.0854. The van der Waals surface area contributed by atoms with Crippen LogP contribution in [0.25, 0.3) is 0 Å². The SMILES string of the molecule is O=C(NCCCN1CCCC1)c1csc(C2CCN(C(=O)C#Cc3ccccc3)CC2)n1. The number of benzene rings is 1. The summed E-state index contributed by atoms with van der Waals surface area (Å²) >= 11 is 1.55. The fourth-order valence-electron chi connectivity index (χ4n) is 4.24. The number of nitrogens with one attached hydrogen (secondary N) is 1. The number of nitrogens with zero attached hydrogens (tertiary/aromatic N) is 3. The third-order valence-corrected chi connectivity index (χ3v) is 7.12. The summed E-state index contributed by atoms with van der Waals surface area (Å²) in [5.41, 5.74) is 1.36. The van der Waals surface area contributed by atoms with Crippen LogP contribution in [0.3, 0.4) is 0 Å². The van der Waals surface area contributed by atoms with Crippen LogP contribution < -0.4 is 5.32 Å². The summed E-state index contributed by atoms with van der Waals surface area (Å²) in [6.45, 7) is 5.46. The molecular formula is C25H30N4O2S. The Morgan fingerprint density at radius 1 is 1.09 bits per heavy atom. The van der Waals surface area contributed by atoms with Gasteiger partial charge in [0, 0.05) is 42.4 Å². The van der Waals surface area contributed by atoms with Crippen molar-refractivity contribution < 1.29 is 9.59 Å². The normalized spacial score (nSPS) is 17.1. The Balaban J connectivity index is 1.21. The third-order valence-electron chi connectivity index (χ3n) is 6.11. The highest BCUT2D eigenvalue weighted by Crippen LogP contribution is 2.30. The van der Waals surface area contributed by atoms with Crippen LogP contribution in [-0.2, 0) is 4.79 Å². The summed E-state index contributed by atoms with van der Waals surface area (Å²) in [5.74, 6) is 5.78. The molecule has 32 heavy (non-hydrogen) atoms. The average molecular weight is 451 g/mol. The second kappa shape index (κ2) is 11.3. The highest BCUT2D eigenvalue weighted by atomic mass is 32.1. The number of rotatable bonds is 6. The lowest BCUT2D eigenvalue weighted by atomic mass is 9.97. The van der Waals surface area contributed by atoms with Gasteiger partial charge in [0.15, 0.2) is 0 Å². The molecule has 0 radical (unpaired) electrons. The first-order valence-electron chi connectivity index (χ1n) is 11.5. The van der Waals surface area contributed by atoms with Crippen LogP contribution in [-0.4, -0.2) is 65.9 Å². The van der Waals surface area contributed by atoms with E-state index in [-0.39, 0.29) is 11.8 Å². The standard InChI is InChI=1S/C25H30N4O2S/c30-23(10-9-20-7-2-1-3-8-20)29-17-11-21(12-18-29)25-27-22(19-32-25)24(31)26-13-6-16-28-14-4-5-15-28/h1-3,7-8,19,21H,4-6,11-18H2,(H,26,31). The number of carbonyl (C=O) groups excluding carboxylic acids is 2. The highest BCUT2D eigenvalue weighted by Gasteiger charge is 2.25. The quantitative estimate of drug-likeness (QED) is 0.543. The van der Waals surface area contributed by atoms with E-state index in [4.69, 9.17) is 0 Å². The Kier molecular flexibility index (Phi) is 7.92. The lowest BCUT2D eigenvalue weighted by Crippen LogP contribution is -2.37. The summed E-state index contributed by atoms with van der Waals surface area (Å²) in [7, 11) is 0. The van der Waals surface area contributed by atoms with Crippen molar-refractivity contribution in [1.82, 2.24) is 20.1 Å². The van der Waals surface area contributed by atoms with E-state index < -0.39 is 0 Å². The van der Waals surface area contributed by atoms with Crippen LogP contribution >= 0.6 is 11.3 Å². The molecule has 0 atom stereocenters. The van der Waals surface area contributed by atoms with Crippen molar-refractivity contribution in [2.45, 2.75) is 38.0 Å². The van der Waals surface area contributed by atoms with Crippen LogP contribution in [0.15, 0.2) is 35.7 Å². The van der Waals surface area contributed by atoms with E-state index in [1.54, 1.807) is 11.3 Å². The Labute approximate surface area is 194 Å². The molecule has 0 aliphatic carbocycles. The van der Waals surface area contributed by atoms with Crippen molar-refractivity contribution in [3.05, 3.63) is 52.0 Å². The highest BCUT2D eigenvalue weighted by molar-refractivity contribution is 7.09. The zero-order valence-electron chi connectivity index (χ0n) is 18.4. The molecule has 1 N–H and O–H groups in total. The van der Waals surface area contributed by atoms with Gasteiger partial charge in [0.2, 0.25) is 0 Å². The third kappa shape index (κ3) is 6.18. The Hall–Kier alpha value is -2.69. The molecule has 2 saturated heterocycles. The molecule has 1 aromatic heterocycles. The van der Waals surface area contributed by atoms with Gasteiger partial charge in [0.1, 0.15) is 5.69 Å². The van der Waals surface area contributed by atoms with E-state index in [2.05, 4.69) is 27.0 Å². The monoisotopic (exact) mass is 450 g/mol. The maximum Gasteiger partial charge on any atom is 0.298 e. The molecule has 0 bridgehead atoms. The summed E-state index contributed by atoms with van der Waals surface area (Å²) in [5, 5.41) is 5.85. The largest absolute Gasteiger partial charge is 0.351 e. The molecule has 1 aromatic carbocycles. The van der Waals surface area contributed by atoms with Crippen molar-refractivity contribution in [2.24, 2.45) is 0 Å². The molecule has 2 aliphatic heterocycles. The molecule has 0 unspecified atom stereocenters. The molecule has 7 heteroatoms. The Morgan fingerprint density at radius 3 is 2.59 bits per heavy atom. The van der Waals surface area contributed by atoms with Crippen molar-refractivity contribution >= 4 is 23.2 Å². The van der Waals surface area contributed by atoms with Crippen molar-refractivity contribution in [3.8, 4) is 11.8 Å². The van der Waals surface area contributed by atoms with E-state index in [0.717, 1.165) is 36.4 Å². The topological polar surface area (TPSA) is 65.5 Å². The van der Waals surface area contributed by atoms with Gasteiger partial charge in [-0.25, -0.2) is 4.98 Å². The molecule has 4 rings (SSSR count). The molecular weight excluding hydrogens is 420 g/mol. The van der Waals surface area contributed by atoms with E-state index >= 15 is 0 Å². The van der Waals surface area contributed by atoms with E-state index in [1.165, 1.54) is 25.9 Å². The van der Waals surface area contributed by atoms with E-state index in [9.17, 15) is 9.59 Å². The van der Waals surface area contributed by atoms with Gasteiger partial charge >= 0.3 is 0 Å². The first-order valence-corrected chi connectivity index (χ1v) is 12.4. The first-order chi connectivity index (χ1) is 15.7. The molecule has 2 amide bonds. The van der Waals surface area contributed by atoms with Gasteiger partial charge in [-0.3, -0.25) is 9.59 Å². The fourth-order valence-corrected chi connectivity index (χ4v) is 5.21. The van der Waals surface area contributed by atoms with Gasteiger partial charge in [0.25, 0.3) is 11.8 Å². The number of thiazole rings is 1. The maximum absolute atomic E-state index is 12.4. The number of piperidine rings is 1. The second-order valence-electron chi connectivity index (χ2n) is 8.41. The summed E-state index contributed by atoms with van der Waals surface area (Å²) in [6, 6.07) is 9.56. The van der Waals surface area contributed by atoms with Gasteiger partial charge in [-0.15, -0.1) is 11.3 Å². The Bertz CT molecular complexity index is 965. The fraction of sp³-hybridized carbons (Fsp3) is 0.480. The maximum atomic E-state index is 12.4. The van der Waals surface area contributed by atoms with Crippen LogP contribution in [0.2, 0.25) is 0 Å². The molecule has 6 nitrogen and oxygen atoms in total. The van der Waals surface area contributed by atoms with Crippen LogP contribution in [0.5, 0.6) is 0 Å². The minimum Gasteiger partial charge on any atom is -0.351 e. The lowest BCUT2D eigenvalue weighted by Gasteiger charge is -2.29. The number of aromatic nitrogens is 1. The summed E-state index contributed by atoms with van der Waals surface area (Å²) in [4.78, 5) is 33.7. The van der Waals surface area contributed by atoms with Crippen molar-refractivity contribution in [1.29, 1.82) is 0 Å². The number of hydrogen-bond acceptors (Lipinski definition) is 5. The van der Waals surface area contributed by atoms with Gasteiger partial charge in [0.05, 0.1) is 5.01 Å². The van der Waals surface area contributed by atoms with E-state index in [0.29, 0.717) is 31.2 Å².